The van der Waals surface area contributed by atoms with E-state index in [1.165, 1.54) is 45.4 Å². The molecular weight excluding hydrogens is 260 g/mol. The molecule has 0 saturated heterocycles. The van der Waals surface area contributed by atoms with Gasteiger partial charge in [-0.3, -0.25) is 0 Å². The number of hydrogen-bond acceptors (Lipinski definition) is 4. The van der Waals surface area contributed by atoms with Gasteiger partial charge < -0.3 is 0 Å². The maximum atomic E-state index is 8.64. The van der Waals surface area contributed by atoms with Crippen molar-refractivity contribution in [2.24, 2.45) is 0 Å². The molecule has 2 aromatic carbocycles. The molecule has 2 aromatic rings. The van der Waals surface area contributed by atoms with Crippen LogP contribution in [0.3, 0.4) is 0 Å². The van der Waals surface area contributed by atoms with E-state index in [9.17, 15) is 0 Å². The van der Waals surface area contributed by atoms with Crippen LogP contribution in [0, 0.1) is 21.3 Å². The first-order valence-corrected chi connectivity index (χ1v) is 7.35. The zero-order valence-electron chi connectivity index (χ0n) is 9.59. The molecule has 0 atom stereocenters. The highest BCUT2D eigenvalue weighted by Crippen LogP contribution is 2.27. The Morgan fingerprint density at radius 2 is 1.22 bits per heavy atom. The third-order valence-electron chi connectivity index (χ3n) is 2.69. The molecule has 0 spiro atoms. The van der Waals surface area contributed by atoms with Gasteiger partial charge in [0.25, 0.3) is 0 Å². The maximum Gasteiger partial charge on any atom is 0.133 e. The number of fused-ring (bicyclic) bond motifs is 1. The normalized spacial score (nSPS) is 9.89. The lowest BCUT2D eigenvalue weighted by atomic mass is 10.0. The highest BCUT2D eigenvalue weighted by atomic mass is 32.2. The van der Waals surface area contributed by atoms with Gasteiger partial charge in [0, 0.05) is 11.5 Å². The minimum Gasteiger partial charge on any atom is -0.185 e. The Kier molecular flexibility index (Phi) is 4.52. The summed E-state index contributed by atoms with van der Waals surface area (Å²) in [5.41, 5.74) is 2.34. The van der Waals surface area contributed by atoms with E-state index in [0.717, 1.165) is 0 Å². The Balaban J connectivity index is 2.45. The summed E-state index contributed by atoms with van der Waals surface area (Å²) < 4.78 is 0. The van der Waals surface area contributed by atoms with Crippen LogP contribution in [0.1, 0.15) is 11.1 Å². The molecule has 0 bridgehead atoms. The fraction of sp³-hybridized carbons (Fsp3) is 0.143. The van der Waals surface area contributed by atoms with Crippen LogP contribution in [-0.4, -0.2) is 0 Å². The van der Waals surface area contributed by atoms with Crippen molar-refractivity contribution in [1.82, 2.24) is 0 Å². The van der Waals surface area contributed by atoms with Crippen molar-refractivity contribution in [2.45, 2.75) is 11.5 Å². The molecule has 0 N–H and O–H groups in total. The number of hydrogen-bond donors (Lipinski definition) is 0. The van der Waals surface area contributed by atoms with Crippen LogP contribution in [0.15, 0.2) is 36.4 Å². The molecule has 0 amide bonds. The summed E-state index contributed by atoms with van der Waals surface area (Å²) in [4.78, 5) is 0. The van der Waals surface area contributed by atoms with E-state index in [1.807, 2.05) is 24.3 Å². The minimum atomic E-state index is 0.697. The first kappa shape index (κ1) is 12.8. The molecule has 2 nitrogen and oxygen atoms in total. The van der Waals surface area contributed by atoms with E-state index in [-0.39, 0.29) is 0 Å². The Hall–Kier alpha value is -1.62. The molecule has 4 heteroatoms. The van der Waals surface area contributed by atoms with Crippen molar-refractivity contribution in [2.75, 3.05) is 0 Å². The molecule has 0 saturated carbocycles. The summed E-state index contributed by atoms with van der Waals surface area (Å²) >= 11 is 2.50. The summed E-state index contributed by atoms with van der Waals surface area (Å²) in [6.45, 7) is 0. The van der Waals surface area contributed by atoms with Crippen molar-refractivity contribution in [1.29, 1.82) is 10.5 Å². The van der Waals surface area contributed by atoms with Gasteiger partial charge in [-0.1, -0.05) is 36.4 Å². The molecule has 0 radical (unpaired) electrons. The number of nitrogens with zero attached hydrogens (tertiary/aromatic N) is 2. The second kappa shape index (κ2) is 6.35. The number of thiocyanates is 2. The molecule has 18 heavy (non-hydrogen) atoms. The summed E-state index contributed by atoms with van der Waals surface area (Å²) in [5, 5.41) is 23.8. The Morgan fingerprint density at radius 1 is 0.778 bits per heavy atom. The topological polar surface area (TPSA) is 47.6 Å². The molecular formula is C14H10N2S2. The smallest absolute Gasteiger partial charge is 0.133 e. The number of thioether (sulfide) groups is 2. The van der Waals surface area contributed by atoms with E-state index in [1.54, 1.807) is 0 Å². The lowest BCUT2D eigenvalue weighted by Gasteiger charge is -2.08. The molecule has 0 heterocycles. The van der Waals surface area contributed by atoms with Gasteiger partial charge >= 0.3 is 0 Å². The first-order chi connectivity index (χ1) is 8.86. The highest BCUT2D eigenvalue weighted by molar-refractivity contribution is 8.03. The third-order valence-corrected chi connectivity index (χ3v) is 3.86. The zero-order valence-corrected chi connectivity index (χ0v) is 11.2. The van der Waals surface area contributed by atoms with E-state index < -0.39 is 0 Å². The van der Waals surface area contributed by atoms with Gasteiger partial charge in [0.15, 0.2) is 0 Å². The lowest BCUT2D eigenvalue weighted by Crippen LogP contribution is -1.87. The Morgan fingerprint density at radius 3 is 1.61 bits per heavy atom. The Labute approximate surface area is 115 Å². The monoisotopic (exact) mass is 270 g/mol. The predicted octanol–water partition coefficient (Wildman–Crippen LogP) is 4.27. The molecule has 0 aliphatic rings. The lowest BCUT2D eigenvalue weighted by molar-refractivity contribution is 1.43. The average Bonchev–Trinajstić information content (AvgIpc) is 2.42. The van der Waals surface area contributed by atoms with Gasteiger partial charge in [-0.2, -0.15) is 10.5 Å². The fourth-order valence-electron chi connectivity index (χ4n) is 1.91. The molecule has 0 unspecified atom stereocenters. The minimum absolute atomic E-state index is 0.697. The third kappa shape index (κ3) is 2.79. The second-order valence-electron chi connectivity index (χ2n) is 3.69. The van der Waals surface area contributed by atoms with Gasteiger partial charge in [-0.15, -0.1) is 0 Å². The maximum absolute atomic E-state index is 8.64. The molecule has 2 rings (SSSR count). The number of nitriles is 2. The van der Waals surface area contributed by atoms with Crippen molar-refractivity contribution >= 4 is 34.3 Å². The molecule has 88 valence electrons. The van der Waals surface area contributed by atoms with E-state index in [4.69, 9.17) is 10.5 Å². The van der Waals surface area contributed by atoms with Gasteiger partial charge in [0.1, 0.15) is 10.8 Å². The van der Waals surface area contributed by atoms with Crippen molar-refractivity contribution in [3.8, 4) is 10.8 Å². The van der Waals surface area contributed by atoms with Crippen LogP contribution in [0.5, 0.6) is 0 Å². The van der Waals surface area contributed by atoms with E-state index in [0.29, 0.717) is 11.5 Å². The SMILES string of the molecule is N#CSCc1cccc2c(CSC#N)cccc12. The van der Waals surface area contributed by atoms with Crippen molar-refractivity contribution < 1.29 is 0 Å². The molecule has 0 aliphatic carbocycles. The average molecular weight is 270 g/mol. The quantitative estimate of drug-likeness (QED) is 0.778. The summed E-state index contributed by atoms with van der Waals surface area (Å²) in [6, 6.07) is 12.3. The van der Waals surface area contributed by atoms with Crippen LogP contribution in [0.2, 0.25) is 0 Å². The number of rotatable bonds is 4. The highest BCUT2D eigenvalue weighted by Gasteiger charge is 2.05. The molecule has 0 fully saturated rings. The van der Waals surface area contributed by atoms with Crippen LogP contribution in [0.25, 0.3) is 10.8 Å². The largest absolute Gasteiger partial charge is 0.185 e. The zero-order chi connectivity index (χ0) is 12.8. The van der Waals surface area contributed by atoms with Crippen LogP contribution in [-0.2, 0) is 11.5 Å². The second-order valence-corrected chi connectivity index (χ2v) is 5.21. The Bertz CT molecular complexity index is 581. The summed E-state index contributed by atoms with van der Waals surface area (Å²) in [7, 11) is 0. The van der Waals surface area contributed by atoms with Gasteiger partial charge in [0.2, 0.25) is 0 Å². The van der Waals surface area contributed by atoms with Crippen molar-refractivity contribution in [3.05, 3.63) is 47.5 Å². The number of benzene rings is 2. The molecule has 0 aliphatic heterocycles. The fourth-order valence-corrected chi connectivity index (χ4v) is 2.86. The summed E-state index contributed by atoms with van der Waals surface area (Å²) in [5.74, 6) is 1.39. The van der Waals surface area contributed by atoms with Crippen LogP contribution < -0.4 is 0 Å². The summed E-state index contributed by atoms with van der Waals surface area (Å²) in [6.07, 6.45) is 0. The standard InChI is InChI=1S/C14H10N2S2/c15-9-17-7-11-3-1-5-13-12(8-18-10-16)4-2-6-14(11)13/h1-6H,7-8H2. The van der Waals surface area contributed by atoms with Crippen molar-refractivity contribution in [3.63, 3.8) is 0 Å². The first-order valence-electron chi connectivity index (χ1n) is 5.38. The van der Waals surface area contributed by atoms with Gasteiger partial charge in [-0.05, 0) is 45.4 Å². The van der Waals surface area contributed by atoms with E-state index >= 15 is 0 Å². The molecule has 0 aromatic heterocycles. The van der Waals surface area contributed by atoms with E-state index in [2.05, 4.69) is 22.9 Å². The van der Waals surface area contributed by atoms with Gasteiger partial charge in [0.05, 0.1) is 0 Å². The predicted molar refractivity (Wildman–Crippen MR) is 77.8 cm³/mol. The van der Waals surface area contributed by atoms with Gasteiger partial charge in [-0.25, -0.2) is 0 Å². The van der Waals surface area contributed by atoms with Crippen LogP contribution >= 0.6 is 23.5 Å². The van der Waals surface area contributed by atoms with Crippen LogP contribution in [0.4, 0.5) is 0 Å².